The summed E-state index contributed by atoms with van der Waals surface area (Å²) in [5, 5.41) is 24.8. The number of phosphoric ester groups is 1. The molecule has 0 radical (unpaired) electrons. The largest absolute Gasteiger partial charge is 0.472 e. The van der Waals surface area contributed by atoms with E-state index in [1.807, 2.05) is 21.1 Å². The minimum atomic E-state index is -4.42. The van der Waals surface area contributed by atoms with Gasteiger partial charge in [-0.25, -0.2) is 4.57 Å². The third-order valence-electron chi connectivity index (χ3n) is 15.4. The lowest BCUT2D eigenvalue weighted by atomic mass is 9.99. The highest BCUT2D eigenvalue weighted by Crippen LogP contribution is 2.43. The molecular formula is C63H130N2O7P+. The fourth-order valence-electron chi connectivity index (χ4n) is 10.3. The van der Waals surface area contributed by atoms with Crippen LogP contribution >= 0.6 is 7.82 Å². The molecule has 4 atom stereocenters. The van der Waals surface area contributed by atoms with Gasteiger partial charge in [-0.05, 0) is 12.8 Å². The summed E-state index contributed by atoms with van der Waals surface area (Å²) in [5.74, 6) is -0.250. The van der Waals surface area contributed by atoms with Gasteiger partial charge in [0.25, 0.3) is 0 Å². The van der Waals surface area contributed by atoms with E-state index in [2.05, 4.69) is 19.2 Å². The summed E-state index contributed by atoms with van der Waals surface area (Å²) >= 11 is 0. The van der Waals surface area contributed by atoms with Crippen LogP contribution in [0.5, 0.6) is 0 Å². The van der Waals surface area contributed by atoms with Gasteiger partial charge in [0.2, 0.25) is 5.91 Å². The van der Waals surface area contributed by atoms with Crippen LogP contribution in [-0.2, 0) is 18.4 Å². The van der Waals surface area contributed by atoms with Gasteiger partial charge in [-0.3, -0.25) is 13.8 Å². The average Bonchev–Trinajstić information content (AvgIpc) is 3.35. The van der Waals surface area contributed by atoms with Crippen molar-refractivity contribution >= 4 is 13.7 Å². The van der Waals surface area contributed by atoms with Gasteiger partial charge in [0.1, 0.15) is 19.3 Å². The number of carbonyl (C=O) groups excluding carboxylic acids is 1. The molecule has 0 aromatic rings. The van der Waals surface area contributed by atoms with Crippen molar-refractivity contribution in [3.05, 3.63) is 0 Å². The van der Waals surface area contributed by atoms with Crippen LogP contribution in [0.1, 0.15) is 341 Å². The van der Waals surface area contributed by atoms with E-state index < -0.39 is 32.7 Å². The molecule has 0 rings (SSSR count). The van der Waals surface area contributed by atoms with Crippen molar-refractivity contribution in [3.8, 4) is 0 Å². The Bertz CT molecular complexity index is 1170. The summed E-state index contributed by atoms with van der Waals surface area (Å²) in [4.78, 5) is 23.3. The number of nitrogens with zero attached hydrogens (tertiary/aromatic N) is 1. The molecule has 0 aromatic carbocycles. The van der Waals surface area contributed by atoms with Crippen molar-refractivity contribution in [3.63, 3.8) is 0 Å². The molecule has 0 saturated carbocycles. The molecule has 0 aliphatic carbocycles. The summed E-state index contributed by atoms with van der Waals surface area (Å²) in [6.07, 6.45) is 63.8. The van der Waals surface area contributed by atoms with Crippen molar-refractivity contribution in [1.82, 2.24) is 5.32 Å². The zero-order valence-corrected chi connectivity index (χ0v) is 50.7. The molecule has 438 valence electrons. The Kier molecular flexibility index (Phi) is 54.4. The van der Waals surface area contributed by atoms with Crippen LogP contribution in [0.4, 0.5) is 0 Å². The predicted molar refractivity (Wildman–Crippen MR) is 315 cm³/mol. The molecule has 4 unspecified atom stereocenters. The number of aliphatic hydroxyl groups excluding tert-OH is 2. The van der Waals surface area contributed by atoms with Crippen molar-refractivity contribution < 1.29 is 38.0 Å². The highest BCUT2D eigenvalue weighted by atomic mass is 31.2. The topological polar surface area (TPSA) is 125 Å². The highest BCUT2D eigenvalue weighted by Gasteiger charge is 2.32. The molecular weight excluding hydrogens is 928 g/mol. The van der Waals surface area contributed by atoms with Crippen LogP contribution in [0.2, 0.25) is 0 Å². The number of hydrogen-bond donors (Lipinski definition) is 4. The van der Waals surface area contributed by atoms with Gasteiger partial charge in [0, 0.05) is 6.42 Å². The lowest BCUT2D eigenvalue weighted by Gasteiger charge is -2.28. The lowest BCUT2D eigenvalue weighted by Crippen LogP contribution is -2.51. The monoisotopic (exact) mass is 1060 g/mol. The molecule has 0 fully saturated rings. The van der Waals surface area contributed by atoms with Gasteiger partial charge < -0.3 is 24.9 Å². The number of rotatable bonds is 61. The number of nitrogens with one attached hydrogen (secondary N) is 1. The number of hydrogen-bond acceptors (Lipinski definition) is 6. The smallest absolute Gasteiger partial charge is 0.390 e. The standard InChI is InChI=1S/C63H129N2O7P/c1-6-8-10-12-14-16-18-20-21-22-23-24-25-26-27-28-29-30-31-32-33-34-35-36-37-38-39-40-41-42-43-44-46-48-50-52-54-56-62(67)64-60(59-72-73(69,70)71-58-57-65(3,4)5)63(68)61(66)55-53-51-49-47-45-19-17-15-13-11-9-7-2/h60-61,63,66,68H,6-59H2,1-5H3,(H-,64,67,69,70)/p+1. The SMILES string of the molecule is CCCCCCCCCCCCCCCCCCCCCCCCCCCCCCCCCCCCCCCC(=O)NC(COP(=O)(O)OCC[N+](C)(C)C)C(O)C(O)CCCCCCCCCCCCCC. The maximum absolute atomic E-state index is 13.0. The molecule has 0 saturated heterocycles. The number of carbonyl (C=O) groups is 1. The maximum Gasteiger partial charge on any atom is 0.472 e. The lowest BCUT2D eigenvalue weighted by molar-refractivity contribution is -0.870. The summed E-state index contributed by atoms with van der Waals surface area (Å²) in [5.41, 5.74) is 0. The van der Waals surface area contributed by atoms with Gasteiger partial charge in [0.05, 0.1) is 39.9 Å². The fourth-order valence-corrected chi connectivity index (χ4v) is 11.1. The van der Waals surface area contributed by atoms with E-state index in [0.29, 0.717) is 23.9 Å². The van der Waals surface area contributed by atoms with Crippen molar-refractivity contribution in [2.45, 2.75) is 360 Å². The summed E-state index contributed by atoms with van der Waals surface area (Å²) in [6, 6.07) is -1.03. The van der Waals surface area contributed by atoms with E-state index in [1.165, 1.54) is 276 Å². The molecule has 0 bridgehead atoms. The molecule has 10 heteroatoms. The van der Waals surface area contributed by atoms with Crippen LogP contribution in [0.3, 0.4) is 0 Å². The number of unbranched alkanes of at least 4 members (excludes halogenated alkanes) is 47. The number of aliphatic hydroxyl groups is 2. The first kappa shape index (κ1) is 72.5. The second-order valence-electron chi connectivity index (χ2n) is 24.0. The number of amides is 1. The molecule has 0 aliphatic rings. The minimum Gasteiger partial charge on any atom is -0.390 e. The van der Waals surface area contributed by atoms with Gasteiger partial charge >= 0.3 is 7.82 Å². The summed E-state index contributed by atoms with van der Waals surface area (Å²) in [6.45, 7) is 4.66. The van der Waals surface area contributed by atoms with Crippen molar-refractivity contribution in [2.24, 2.45) is 0 Å². The van der Waals surface area contributed by atoms with Gasteiger partial charge in [-0.1, -0.05) is 322 Å². The van der Waals surface area contributed by atoms with Crippen molar-refractivity contribution in [2.75, 3.05) is 40.9 Å². The molecule has 0 spiro atoms. The molecule has 9 nitrogen and oxygen atoms in total. The maximum atomic E-state index is 13.0. The zero-order valence-electron chi connectivity index (χ0n) is 49.8. The Hall–Kier alpha value is -0.540. The van der Waals surface area contributed by atoms with Crippen molar-refractivity contribution in [1.29, 1.82) is 0 Å². The zero-order chi connectivity index (χ0) is 53.6. The van der Waals surface area contributed by atoms with Gasteiger partial charge in [-0.15, -0.1) is 0 Å². The van der Waals surface area contributed by atoms with Gasteiger partial charge in [0.15, 0.2) is 0 Å². The van der Waals surface area contributed by atoms with E-state index in [0.717, 1.165) is 38.5 Å². The third kappa shape index (κ3) is 56.0. The molecule has 1 amide bonds. The first-order chi connectivity index (χ1) is 35.4. The van der Waals surface area contributed by atoms with Crippen LogP contribution in [-0.4, -0.2) is 84.6 Å². The van der Waals surface area contributed by atoms with Crippen LogP contribution in [0.25, 0.3) is 0 Å². The predicted octanol–water partition coefficient (Wildman–Crippen LogP) is 19.0. The first-order valence-electron chi connectivity index (χ1n) is 32.5. The Morgan fingerprint density at radius 3 is 0.959 bits per heavy atom. The van der Waals surface area contributed by atoms with E-state index in [4.69, 9.17) is 9.05 Å². The van der Waals surface area contributed by atoms with E-state index in [9.17, 15) is 24.5 Å². The van der Waals surface area contributed by atoms with E-state index in [-0.39, 0.29) is 12.5 Å². The third-order valence-corrected chi connectivity index (χ3v) is 16.4. The quantitative estimate of drug-likeness (QED) is 0.0272. The second-order valence-corrected chi connectivity index (χ2v) is 25.5. The Balaban J connectivity index is 3.90. The molecule has 0 aromatic heterocycles. The Morgan fingerprint density at radius 1 is 0.425 bits per heavy atom. The minimum absolute atomic E-state index is 0.0260. The Morgan fingerprint density at radius 2 is 0.685 bits per heavy atom. The molecule has 4 N–H and O–H groups in total. The Labute approximate surface area is 455 Å². The van der Waals surface area contributed by atoms with E-state index >= 15 is 0 Å². The normalized spacial score (nSPS) is 14.1. The number of likely N-dealkylation sites (N-methyl/N-ethyl adjacent to an activating group) is 1. The molecule has 73 heavy (non-hydrogen) atoms. The molecule has 0 aliphatic heterocycles. The highest BCUT2D eigenvalue weighted by molar-refractivity contribution is 7.47. The average molecular weight is 1060 g/mol. The molecule has 0 heterocycles. The number of quaternary nitrogens is 1. The summed E-state index contributed by atoms with van der Waals surface area (Å²) < 4.78 is 23.7. The first-order valence-corrected chi connectivity index (χ1v) is 34.0. The second kappa shape index (κ2) is 54.8. The van der Waals surface area contributed by atoms with Gasteiger partial charge in [-0.2, -0.15) is 0 Å². The number of phosphoric acid groups is 1. The van der Waals surface area contributed by atoms with Crippen LogP contribution in [0.15, 0.2) is 0 Å². The van der Waals surface area contributed by atoms with E-state index in [1.54, 1.807) is 0 Å². The van der Waals surface area contributed by atoms with Crippen LogP contribution in [0, 0.1) is 0 Å². The van der Waals surface area contributed by atoms with Crippen LogP contribution < -0.4 is 5.32 Å². The fraction of sp³-hybridized carbons (Fsp3) is 0.984. The summed E-state index contributed by atoms with van der Waals surface area (Å²) in [7, 11) is 1.46.